The van der Waals surface area contributed by atoms with Crippen LogP contribution < -0.4 is 10.5 Å². The summed E-state index contributed by atoms with van der Waals surface area (Å²) >= 11 is 0. The molecular weight excluding hydrogens is 260 g/mol. The highest BCUT2D eigenvalue weighted by Crippen LogP contribution is 2.27. The Bertz CT molecular complexity index is 398. The van der Waals surface area contributed by atoms with Gasteiger partial charge in [0, 0.05) is 19.1 Å². The lowest BCUT2D eigenvalue weighted by molar-refractivity contribution is 0.217. The number of ether oxygens (including phenoxy) is 1. The van der Waals surface area contributed by atoms with Crippen molar-refractivity contribution in [1.82, 2.24) is 4.90 Å². The molecule has 1 aliphatic rings. The van der Waals surface area contributed by atoms with Crippen LogP contribution in [0.2, 0.25) is 0 Å². The van der Waals surface area contributed by atoms with Crippen molar-refractivity contribution in [1.29, 1.82) is 0 Å². The molecule has 1 aromatic carbocycles. The van der Waals surface area contributed by atoms with E-state index in [1.807, 2.05) is 24.3 Å². The van der Waals surface area contributed by atoms with Crippen LogP contribution in [0.25, 0.3) is 0 Å². The molecule has 1 aliphatic carbocycles. The highest BCUT2D eigenvalue weighted by molar-refractivity contribution is 5.26. The molecule has 0 radical (unpaired) electrons. The maximum Gasteiger partial charge on any atom is 0.119 e. The lowest BCUT2D eigenvalue weighted by Gasteiger charge is -2.22. The summed E-state index contributed by atoms with van der Waals surface area (Å²) in [5.41, 5.74) is 6.74. The fraction of sp³-hybridized carbons (Fsp3) is 0.667. The summed E-state index contributed by atoms with van der Waals surface area (Å²) in [5.74, 6) is 1.75. The first kappa shape index (κ1) is 16.3. The third-order valence-corrected chi connectivity index (χ3v) is 4.07. The highest BCUT2D eigenvalue weighted by atomic mass is 16.5. The van der Waals surface area contributed by atoms with E-state index in [1.54, 1.807) is 0 Å². The number of benzene rings is 1. The molecule has 21 heavy (non-hydrogen) atoms. The monoisotopic (exact) mass is 290 g/mol. The molecule has 0 atom stereocenters. The van der Waals surface area contributed by atoms with Crippen LogP contribution in [0.4, 0.5) is 0 Å². The van der Waals surface area contributed by atoms with Gasteiger partial charge in [-0.3, -0.25) is 0 Å². The first-order valence-electron chi connectivity index (χ1n) is 8.35. The molecule has 0 unspecified atom stereocenters. The molecule has 0 aromatic heterocycles. The van der Waals surface area contributed by atoms with E-state index in [0.717, 1.165) is 42.8 Å². The summed E-state index contributed by atoms with van der Waals surface area (Å²) in [6.45, 7) is 8.41. The molecule has 3 heteroatoms. The molecule has 2 N–H and O–H groups in total. The molecule has 0 amide bonds. The molecule has 1 fully saturated rings. The van der Waals surface area contributed by atoms with Crippen molar-refractivity contribution < 1.29 is 4.74 Å². The van der Waals surface area contributed by atoms with Crippen molar-refractivity contribution in [3.8, 4) is 5.75 Å². The molecule has 3 nitrogen and oxygen atoms in total. The molecule has 2 rings (SSSR count). The number of hydrogen-bond donors (Lipinski definition) is 1. The van der Waals surface area contributed by atoms with E-state index >= 15 is 0 Å². The Labute approximate surface area is 129 Å². The largest absolute Gasteiger partial charge is 0.494 e. The average molecular weight is 290 g/mol. The van der Waals surface area contributed by atoms with Crippen molar-refractivity contribution in [3.63, 3.8) is 0 Å². The van der Waals surface area contributed by atoms with E-state index in [9.17, 15) is 0 Å². The first-order chi connectivity index (χ1) is 10.2. The standard InChI is InChI=1S/C18H30N2O/c1-15(2)10-12-20(17-6-7-17)11-3-13-21-18-8-4-16(14-19)5-9-18/h4-5,8-9,15,17H,3,6-7,10-14,19H2,1-2H3. The second-order valence-electron chi connectivity index (χ2n) is 6.50. The fourth-order valence-electron chi connectivity index (χ4n) is 2.52. The molecule has 1 aromatic rings. The second-order valence-corrected chi connectivity index (χ2v) is 6.50. The summed E-state index contributed by atoms with van der Waals surface area (Å²) in [5, 5.41) is 0. The van der Waals surface area contributed by atoms with Crippen LogP contribution in [0.5, 0.6) is 5.75 Å². The molecule has 0 aliphatic heterocycles. The SMILES string of the molecule is CC(C)CCN(CCCOc1ccc(CN)cc1)C1CC1. The Morgan fingerprint density at radius 2 is 1.90 bits per heavy atom. The van der Waals surface area contributed by atoms with E-state index < -0.39 is 0 Å². The van der Waals surface area contributed by atoms with E-state index in [-0.39, 0.29) is 0 Å². The van der Waals surface area contributed by atoms with Crippen molar-refractivity contribution in [2.75, 3.05) is 19.7 Å². The lowest BCUT2D eigenvalue weighted by Crippen LogP contribution is -2.30. The minimum Gasteiger partial charge on any atom is -0.494 e. The quantitative estimate of drug-likeness (QED) is 0.671. The third kappa shape index (κ3) is 6.06. The smallest absolute Gasteiger partial charge is 0.119 e. The Balaban J connectivity index is 1.64. The van der Waals surface area contributed by atoms with Crippen LogP contribution in [0.3, 0.4) is 0 Å². The molecule has 0 saturated heterocycles. The topological polar surface area (TPSA) is 38.5 Å². The van der Waals surface area contributed by atoms with E-state index in [1.165, 1.54) is 25.8 Å². The zero-order valence-electron chi connectivity index (χ0n) is 13.6. The molecule has 1 saturated carbocycles. The Morgan fingerprint density at radius 3 is 2.48 bits per heavy atom. The number of hydrogen-bond acceptors (Lipinski definition) is 3. The zero-order chi connectivity index (χ0) is 15.1. The van der Waals surface area contributed by atoms with Gasteiger partial charge in [0.25, 0.3) is 0 Å². The molecule has 0 spiro atoms. The molecular formula is C18H30N2O. The summed E-state index contributed by atoms with van der Waals surface area (Å²) in [4.78, 5) is 2.65. The fourth-order valence-corrected chi connectivity index (χ4v) is 2.52. The Kier molecular flexibility index (Phi) is 6.52. The van der Waals surface area contributed by atoms with Gasteiger partial charge < -0.3 is 15.4 Å². The van der Waals surface area contributed by atoms with Crippen molar-refractivity contribution in [2.24, 2.45) is 11.7 Å². The van der Waals surface area contributed by atoms with Gasteiger partial charge >= 0.3 is 0 Å². The lowest BCUT2D eigenvalue weighted by atomic mass is 10.1. The molecule has 0 bridgehead atoms. The van der Waals surface area contributed by atoms with Gasteiger partial charge in [0.2, 0.25) is 0 Å². The van der Waals surface area contributed by atoms with Crippen LogP contribution in [0.1, 0.15) is 45.1 Å². The number of nitrogens with zero attached hydrogens (tertiary/aromatic N) is 1. The van der Waals surface area contributed by atoms with Gasteiger partial charge in [0.1, 0.15) is 5.75 Å². The van der Waals surface area contributed by atoms with Crippen molar-refractivity contribution in [3.05, 3.63) is 29.8 Å². The van der Waals surface area contributed by atoms with Crippen molar-refractivity contribution in [2.45, 2.75) is 52.1 Å². The third-order valence-electron chi connectivity index (χ3n) is 4.07. The summed E-state index contributed by atoms with van der Waals surface area (Å²) in [6, 6.07) is 8.95. The summed E-state index contributed by atoms with van der Waals surface area (Å²) in [6.07, 6.45) is 5.18. The van der Waals surface area contributed by atoms with Gasteiger partial charge in [0.15, 0.2) is 0 Å². The minimum absolute atomic E-state index is 0.590. The molecule has 118 valence electrons. The van der Waals surface area contributed by atoms with Crippen LogP contribution in [-0.4, -0.2) is 30.6 Å². The Morgan fingerprint density at radius 1 is 1.19 bits per heavy atom. The second kappa shape index (κ2) is 8.40. The van der Waals surface area contributed by atoms with Gasteiger partial charge in [-0.05, 0) is 55.8 Å². The van der Waals surface area contributed by atoms with Gasteiger partial charge in [-0.25, -0.2) is 0 Å². The van der Waals surface area contributed by atoms with Gasteiger partial charge in [-0.2, -0.15) is 0 Å². The van der Waals surface area contributed by atoms with E-state index in [0.29, 0.717) is 6.54 Å². The van der Waals surface area contributed by atoms with Crippen LogP contribution in [0, 0.1) is 5.92 Å². The summed E-state index contributed by atoms with van der Waals surface area (Å²) in [7, 11) is 0. The average Bonchev–Trinajstić information content (AvgIpc) is 3.31. The summed E-state index contributed by atoms with van der Waals surface area (Å²) < 4.78 is 5.81. The van der Waals surface area contributed by atoms with Gasteiger partial charge in [0.05, 0.1) is 6.61 Å². The number of rotatable bonds is 10. The van der Waals surface area contributed by atoms with Crippen molar-refractivity contribution >= 4 is 0 Å². The van der Waals surface area contributed by atoms with E-state index in [4.69, 9.17) is 10.5 Å². The maximum absolute atomic E-state index is 5.81. The normalized spacial score (nSPS) is 14.9. The Hall–Kier alpha value is -1.06. The number of nitrogens with two attached hydrogens (primary N) is 1. The maximum atomic E-state index is 5.81. The highest BCUT2D eigenvalue weighted by Gasteiger charge is 2.28. The predicted molar refractivity (Wildman–Crippen MR) is 88.5 cm³/mol. The molecule has 0 heterocycles. The van der Waals surface area contributed by atoms with Crippen LogP contribution in [0.15, 0.2) is 24.3 Å². The van der Waals surface area contributed by atoms with Crippen LogP contribution >= 0.6 is 0 Å². The van der Waals surface area contributed by atoms with Crippen LogP contribution in [-0.2, 0) is 6.54 Å². The predicted octanol–water partition coefficient (Wildman–Crippen LogP) is 3.42. The zero-order valence-corrected chi connectivity index (χ0v) is 13.6. The van der Waals surface area contributed by atoms with Gasteiger partial charge in [-0.15, -0.1) is 0 Å². The van der Waals surface area contributed by atoms with E-state index in [2.05, 4.69) is 18.7 Å². The van der Waals surface area contributed by atoms with Gasteiger partial charge in [-0.1, -0.05) is 26.0 Å². The minimum atomic E-state index is 0.590. The first-order valence-corrected chi connectivity index (χ1v) is 8.35.